The highest BCUT2D eigenvalue weighted by molar-refractivity contribution is 5.88. The SMILES string of the molecule is [2H]OC(=O)C[C@H](N)C(=O)CC(N)C(O)CC1CCCCC1. The average molecular weight is 287 g/mol. The van der Waals surface area contributed by atoms with Crippen LogP contribution in [-0.2, 0) is 9.59 Å². The first kappa shape index (κ1) is 15.4. The molecule has 20 heavy (non-hydrogen) atoms. The number of carbonyl (C=O) groups is 2. The van der Waals surface area contributed by atoms with Gasteiger partial charge in [0, 0.05) is 12.5 Å². The van der Waals surface area contributed by atoms with Crippen LogP contribution in [0.5, 0.6) is 0 Å². The molecule has 0 saturated heterocycles. The van der Waals surface area contributed by atoms with Gasteiger partial charge in [0.05, 0.1) is 18.6 Å². The van der Waals surface area contributed by atoms with E-state index in [1.807, 2.05) is 0 Å². The van der Waals surface area contributed by atoms with E-state index in [2.05, 4.69) is 5.11 Å². The fourth-order valence-electron chi connectivity index (χ4n) is 2.75. The van der Waals surface area contributed by atoms with Crippen molar-refractivity contribution in [2.75, 3.05) is 0 Å². The van der Waals surface area contributed by atoms with Crippen molar-refractivity contribution in [2.45, 2.75) is 69.6 Å². The van der Waals surface area contributed by atoms with Gasteiger partial charge in [-0.15, -0.1) is 0 Å². The number of rotatable bonds is 8. The van der Waals surface area contributed by atoms with Gasteiger partial charge in [0.15, 0.2) is 5.78 Å². The highest BCUT2D eigenvalue weighted by Crippen LogP contribution is 2.28. The summed E-state index contributed by atoms with van der Waals surface area (Å²) in [5.74, 6) is -0.773. The van der Waals surface area contributed by atoms with Crippen LogP contribution in [0.2, 0.25) is 0 Å². The number of Topliss-reactive ketones (excluding diaryl/α,β-unsaturated/α-hetero) is 1. The molecule has 0 spiro atoms. The molecule has 0 aliphatic heterocycles. The van der Waals surface area contributed by atoms with Crippen LogP contribution in [0.4, 0.5) is 0 Å². The quantitative estimate of drug-likeness (QED) is 0.512. The van der Waals surface area contributed by atoms with Gasteiger partial charge in [-0.2, -0.15) is 0 Å². The molecule has 0 amide bonds. The molecule has 6 nitrogen and oxygen atoms in total. The molecule has 6 N–H and O–H groups in total. The highest BCUT2D eigenvalue weighted by atomic mass is 16.4. The summed E-state index contributed by atoms with van der Waals surface area (Å²) in [5.41, 5.74) is 11.4. The van der Waals surface area contributed by atoms with Gasteiger partial charge in [-0.05, 0) is 12.3 Å². The summed E-state index contributed by atoms with van der Waals surface area (Å²) in [4.78, 5) is 22.7. The molecule has 116 valence electrons. The number of aliphatic hydroxyl groups is 1. The van der Waals surface area contributed by atoms with Crippen LogP contribution >= 0.6 is 0 Å². The monoisotopic (exact) mass is 287 g/mol. The zero-order chi connectivity index (χ0) is 15.8. The molecule has 0 aromatic heterocycles. The number of ketones is 1. The number of hydrogen-bond acceptors (Lipinski definition) is 6. The van der Waals surface area contributed by atoms with E-state index in [9.17, 15) is 14.7 Å². The lowest BCUT2D eigenvalue weighted by atomic mass is 9.83. The Balaban J connectivity index is 2.34. The minimum Gasteiger partial charge on any atom is -0.481 e. The van der Waals surface area contributed by atoms with Crippen LogP contribution in [0, 0.1) is 5.92 Å². The molecular weight excluding hydrogens is 260 g/mol. The van der Waals surface area contributed by atoms with Gasteiger partial charge in [-0.1, -0.05) is 32.1 Å². The van der Waals surface area contributed by atoms with Crippen LogP contribution in [-0.4, -0.2) is 40.2 Å². The first-order chi connectivity index (χ1) is 9.93. The van der Waals surface area contributed by atoms with E-state index in [0.717, 1.165) is 12.8 Å². The number of aliphatic carboxylic acids is 1. The molecule has 1 rings (SSSR count). The van der Waals surface area contributed by atoms with Crippen molar-refractivity contribution >= 4 is 11.8 Å². The molecule has 0 heterocycles. The number of hydrogen-bond donors (Lipinski definition) is 4. The van der Waals surface area contributed by atoms with E-state index < -0.39 is 29.9 Å². The Labute approximate surface area is 121 Å². The molecule has 2 unspecified atom stereocenters. The molecule has 0 radical (unpaired) electrons. The maximum atomic E-state index is 11.8. The lowest BCUT2D eigenvalue weighted by Crippen LogP contribution is -2.42. The molecule has 0 aromatic carbocycles. The molecule has 6 heteroatoms. The van der Waals surface area contributed by atoms with Crippen LogP contribution in [0.25, 0.3) is 1.43 Å². The second kappa shape index (κ2) is 8.34. The Hall–Kier alpha value is -0.980. The molecule has 0 aromatic rings. The van der Waals surface area contributed by atoms with E-state index in [1.54, 1.807) is 0 Å². The second-order valence-electron chi connectivity index (χ2n) is 5.82. The van der Waals surface area contributed by atoms with E-state index in [1.165, 1.54) is 19.3 Å². The van der Waals surface area contributed by atoms with Gasteiger partial charge in [-0.3, -0.25) is 9.59 Å². The number of carboxylic acids is 1. The summed E-state index contributed by atoms with van der Waals surface area (Å²) in [6.45, 7) is 0. The van der Waals surface area contributed by atoms with Crippen LogP contribution in [0.1, 0.15) is 51.4 Å². The fraction of sp³-hybridized carbons (Fsp3) is 0.857. The molecule has 1 aliphatic rings. The first-order valence-electron chi connectivity index (χ1n) is 7.72. The molecule has 1 aliphatic carbocycles. The number of nitrogens with two attached hydrogens (primary N) is 2. The van der Waals surface area contributed by atoms with Gasteiger partial charge >= 0.3 is 5.97 Å². The third kappa shape index (κ3) is 5.98. The van der Waals surface area contributed by atoms with Crippen molar-refractivity contribution in [3.8, 4) is 0 Å². The van der Waals surface area contributed by atoms with Crippen molar-refractivity contribution < 1.29 is 19.8 Å². The van der Waals surface area contributed by atoms with E-state index in [-0.39, 0.29) is 12.8 Å². The Bertz CT molecular complexity index is 348. The molecule has 3 atom stereocenters. The van der Waals surface area contributed by atoms with Crippen molar-refractivity contribution in [3.63, 3.8) is 0 Å². The minimum absolute atomic E-state index is 0.0691. The topological polar surface area (TPSA) is 127 Å². The lowest BCUT2D eigenvalue weighted by Gasteiger charge is -2.27. The maximum Gasteiger partial charge on any atom is 0.305 e. The Morgan fingerprint density at radius 1 is 1.20 bits per heavy atom. The number of carbonyl (C=O) groups excluding carboxylic acids is 1. The van der Waals surface area contributed by atoms with Crippen LogP contribution < -0.4 is 11.5 Å². The van der Waals surface area contributed by atoms with E-state index >= 15 is 0 Å². The smallest absolute Gasteiger partial charge is 0.305 e. The maximum absolute atomic E-state index is 11.8. The van der Waals surface area contributed by atoms with Crippen molar-refractivity contribution in [1.82, 2.24) is 0 Å². The molecule has 1 saturated carbocycles. The number of carboxylic acid groups (broad SMARTS) is 1. The Morgan fingerprint density at radius 2 is 1.85 bits per heavy atom. The predicted octanol–water partition coefficient (Wildman–Crippen LogP) is 0.406. The summed E-state index contributed by atoms with van der Waals surface area (Å²) in [6.07, 6.45) is 5.30. The van der Waals surface area contributed by atoms with Crippen molar-refractivity contribution in [3.05, 3.63) is 0 Å². The van der Waals surface area contributed by atoms with Crippen LogP contribution in [0.3, 0.4) is 0 Å². The fourth-order valence-corrected chi connectivity index (χ4v) is 2.75. The second-order valence-corrected chi connectivity index (χ2v) is 5.82. The summed E-state index contributed by atoms with van der Waals surface area (Å²) >= 11 is 0. The zero-order valence-corrected chi connectivity index (χ0v) is 11.8. The largest absolute Gasteiger partial charge is 0.481 e. The summed E-state index contributed by atoms with van der Waals surface area (Å²) in [5, 5.41) is 13.8. The molecule has 1 fully saturated rings. The lowest BCUT2D eigenvalue weighted by molar-refractivity contribution is -0.139. The average Bonchev–Trinajstić information content (AvgIpc) is 2.47. The Kier molecular flexibility index (Phi) is 6.42. The predicted molar refractivity (Wildman–Crippen MR) is 75.0 cm³/mol. The molecular formula is C14H26N2O4. The van der Waals surface area contributed by atoms with Gasteiger partial charge in [0.2, 0.25) is 0 Å². The molecule has 0 bridgehead atoms. The van der Waals surface area contributed by atoms with Crippen molar-refractivity contribution in [1.29, 1.82) is 1.43 Å². The van der Waals surface area contributed by atoms with Gasteiger partial charge in [0.25, 0.3) is 1.43 Å². The van der Waals surface area contributed by atoms with E-state index in [0.29, 0.717) is 12.3 Å². The summed E-state index contributed by atoms with van der Waals surface area (Å²) in [7, 11) is 0. The van der Waals surface area contributed by atoms with Crippen molar-refractivity contribution in [2.24, 2.45) is 17.4 Å². The summed E-state index contributed by atoms with van der Waals surface area (Å²) < 4.78 is 6.41. The Morgan fingerprint density at radius 3 is 2.45 bits per heavy atom. The highest BCUT2D eigenvalue weighted by Gasteiger charge is 2.26. The van der Waals surface area contributed by atoms with E-state index in [4.69, 9.17) is 12.9 Å². The van der Waals surface area contributed by atoms with Gasteiger partial charge in [0.1, 0.15) is 0 Å². The summed E-state index contributed by atoms with van der Waals surface area (Å²) in [6, 6.07) is -1.70. The van der Waals surface area contributed by atoms with Crippen LogP contribution in [0.15, 0.2) is 0 Å². The third-order valence-electron chi connectivity index (χ3n) is 4.03. The standard InChI is InChI=1S/C14H26N2O4/c15-10(7-13(18)11(16)8-14(19)20)12(17)6-9-4-2-1-3-5-9/h9-12,17H,1-8,15-16H2,(H,19,20)/t10?,11-,12?/m0/s1/i/hD. The van der Waals surface area contributed by atoms with Gasteiger partial charge in [-0.25, -0.2) is 0 Å². The van der Waals surface area contributed by atoms with Gasteiger partial charge < -0.3 is 21.7 Å². The minimum atomic E-state index is -1.03. The number of aliphatic hydroxyl groups excluding tert-OH is 1. The first-order valence-corrected chi connectivity index (χ1v) is 7.32. The normalized spacial score (nSPS) is 21.6. The third-order valence-corrected chi connectivity index (χ3v) is 4.03. The zero-order valence-electron chi connectivity index (χ0n) is 12.8.